The van der Waals surface area contributed by atoms with Crippen molar-refractivity contribution in [3.05, 3.63) is 53.8 Å². The third-order valence-corrected chi connectivity index (χ3v) is 5.79. The second kappa shape index (κ2) is 6.61. The molecular formula is C14H11F4NO3S2. The molecule has 2 aromatic rings. The van der Waals surface area contributed by atoms with E-state index in [1.165, 1.54) is 0 Å². The van der Waals surface area contributed by atoms with E-state index in [0.717, 1.165) is 37.4 Å². The lowest BCUT2D eigenvalue weighted by atomic mass is 10.2. The van der Waals surface area contributed by atoms with Gasteiger partial charge in [0.2, 0.25) is 10.0 Å². The van der Waals surface area contributed by atoms with E-state index in [2.05, 4.69) is 0 Å². The number of sulfonamides is 1. The Hall–Kier alpha value is -1.78. The van der Waals surface area contributed by atoms with E-state index in [9.17, 15) is 30.2 Å². The van der Waals surface area contributed by atoms with Gasteiger partial charge in [-0.3, -0.25) is 0 Å². The summed E-state index contributed by atoms with van der Waals surface area (Å²) in [7, 11) is -5.23. The molecule has 4 nitrogen and oxygen atoms in total. The van der Waals surface area contributed by atoms with Gasteiger partial charge in [-0.2, -0.15) is 13.2 Å². The van der Waals surface area contributed by atoms with E-state index < -0.39 is 43.3 Å². The first-order valence-corrected chi connectivity index (χ1v) is 9.01. The van der Waals surface area contributed by atoms with E-state index in [1.807, 2.05) is 4.72 Å². The van der Waals surface area contributed by atoms with Crippen LogP contribution in [0.3, 0.4) is 0 Å². The molecule has 0 saturated heterocycles. The zero-order valence-electron chi connectivity index (χ0n) is 12.1. The standard InChI is InChI=1S/C14H11F4NO3S2/c1-19-24(21,22)13-7-9(14(16,17)18)6-12(8-13)23(20)11-4-2-10(15)3-5-11/h2-8,19H,1H3. The highest BCUT2D eigenvalue weighted by molar-refractivity contribution is 7.89. The lowest BCUT2D eigenvalue weighted by Crippen LogP contribution is -2.20. The first-order chi connectivity index (χ1) is 11.0. The molecule has 0 radical (unpaired) electrons. The van der Waals surface area contributed by atoms with Gasteiger partial charge in [0.1, 0.15) is 5.82 Å². The fraction of sp³-hybridized carbons (Fsp3) is 0.143. The van der Waals surface area contributed by atoms with Crippen molar-refractivity contribution in [2.45, 2.75) is 20.9 Å². The van der Waals surface area contributed by atoms with Crippen molar-refractivity contribution < 1.29 is 30.2 Å². The lowest BCUT2D eigenvalue weighted by molar-refractivity contribution is -0.137. The summed E-state index contributed by atoms with van der Waals surface area (Å²) < 4.78 is 89.8. The molecule has 0 amide bonds. The second-order valence-electron chi connectivity index (χ2n) is 4.62. The summed E-state index contributed by atoms with van der Waals surface area (Å²) in [6.07, 6.45) is -4.82. The molecule has 0 saturated carbocycles. The highest BCUT2D eigenvalue weighted by Crippen LogP contribution is 2.33. The largest absolute Gasteiger partial charge is 0.416 e. The zero-order chi connectivity index (χ0) is 18.1. The lowest BCUT2D eigenvalue weighted by Gasteiger charge is -2.12. The average molecular weight is 381 g/mol. The molecule has 2 rings (SSSR count). The molecule has 2 aromatic carbocycles. The molecule has 0 heterocycles. The summed E-state index contributed by atoms with van der Waals surface area (Å²) in [5.41, 5.74) is -1.25. The molecule has 1 unspecified atom stereocenters. The number of rotatable bonds is 4. The topological polar surface area (TPSA) is 63.2 Å². The Morgan fingerprint density at radius 1 is 1.00 bits per heavy atom. The Balaban J connectivity index is 2.63. The van der Waals surface area contributed by atoms with Crippen LogP contribution in [-0.4, -0.2) is 19.7 Å². The van der Waals surface area contributed by atoms with Gasteiger partial charge in [-0.1, -0.05) is 0 Å². The maximum atomic E-state index is 13.0. The van der Waals surface area contributed by atoms with Crippen molar-refractivity contribution in [1.82, 2.24) is 4.72 Å². The fourth-order valence-corrected chi connectivity index (χ4v) is 3.81. The summed E-state index contributed by atoms with van der Waals surface area (Å²) in [5, 5.41) is 0. The quantitative estimate of drug-likeness (QED) is 0.829. The molecule has 0 aromatic heterocycles. The Morgan fingerprint density at radius 3 is 2.08 bits per heavy atom. The number of halogens is 4. The summed E-state index contributed by atoms with van der Waals surface area (Å²) in [5.74, 6) is -0.599. The molecule has 0 aliphatic rings. The van der Waals surface area contributed by atoms with Gasteiger partial charge < -0.3 is 0 Å². The van der Waals surface area contributed by atoms with Gasteiger partial charge in [0.15, 0.2) is 0 Å². The molecule has 1 N–H and O–H groups in total. The Kier molecular flexibility index (Phi) is 5.11. The molecule has 0 spiro atoms. The number of benzene rings is 2. The van der Waals surface area contributed by atoms with Gasteiger partial charge in [0, 0.05) is 9.79 Å². The number of nitrogens with one attached hydrogen (secondary N) is 1. The van der Waals surface area contributed by atoms with Gasteiger partial charge >= 0.3 is 6.18 Å². The Bertz CT molecular complexity index is 878. The predicted molar refractivity (Wildman–Crippen MR) is 78.8 cm³/mol. The van der Waals surface area contributed by atoms with Crippen molar-refractivity contribution in [3.8, 4) is 0 Å². The number of hydrogen-bond donors (Lipinski definition) is 1. The van der Waals surface area contributed by atoms with E-state index >= 15 is 0 Å². The second-order valence-corrected chi connectivity index (χ2v) is 7.99. The first kappa shape index (κ1) is 18.6. The monoisotopic (exact) mass is 381 g/mol. The van der Waals surface area contributed by atoms with Crippen LogP contribution in [-0.2, 0) is 27.0 Å². The predicted octanol–water partition coefficient (Wildman–Crippen LogP) is 2.92. The maximum absolute atomic E-state index is 13.0. The number of hydrogen-bond acceptors (Lipinski definition) is 3. The smallest absolute Gasteiger partial charge is 0.249 e. The minimum absolute atomic E-state index is 0.0449. The summed E-state index contributed by atoms with van der Waals surface area (Å²) in [4.78, 5) is -0.973. The SMILES string of the molecule is CNS(=O)(=O)c1cc(S(=O)c2ccc(F)cc2)cc(C(F)(F)F)c1. The van der Waals surface area contributed by atoms with Crippen molar-refractivity contribution in [2.24, 2.45) is 0 Å². The Labute approximate surface area is 138 Å². The van der Waals surface area contributed by atoms with Crippen LogP contribution in [0.2, 0.25) is 0 Å². The van der Waals surface area contributed by atoms with E-state index in [1.54, 1.807) is 0 Å². The third-order valence-electron chi connectivity index (χ3n) is 3.03. The molecule has 1 atom stereocenters. The molecule has 10 heteroatoms. The van der Waals surface area contributed by atoms with Crippen LogP contribution >= 0.6 is 0 Å². The average Bonchev–Trinajstić information content (AvgIpc) is 2.53. The molecule has 130 valence electrons. The van der Waals surface area contributed by atoms with Crippen LogP contribution < -0.4 is 4.72 Å². The van der Waals surface area contributed by atoms with Gasteiger partial charge in [-0.25, -0.2) is 21.7 Å². The van der Waals surface area contributed by atoms with Crippen molar-refractivity contribution in [3.63, 3.8) is 0 Å². The summed E-state index contributed by atoms with van der Waals surface area (Å²) in [6, 6.07) is 6.26. The van der Waals surface area contributed by atoms with Crippen LogP contribution in [0.4, 0.5) is 17.6 Å². The van der Waals surface area contributed by atoms with Gasteiger partial charge in [-0.15, -0.1) is 0 Å². The zero-order valence-corrected chi connectivity index (χ0v) is 13.7. The third kappa shape index (κ3) is 4.00. The summed E-state index contributed by atoms with van der Waals surface area (Å²) in [6.45, 7) is 0. The van der Waals surface area contributed by atoms with Crippen LogP contribution in [0.15, 0.2) is 57.2 Å². The van der Waals surface area contributed by atoms with Crippen LogP contribution in [0.5, 0.6) is 0 Å². The molecule has 0 aliphatic heterocycles. The minimum Gasteiger partial charge on any atom is -0.249 e. The van der Waals surface area contributed by atoms with E-state index in [0.29, 0.717) is 12.1 Å². The van der Waals surface area contributed by atoms with Crippen LogP contribution in [0, 0.1) is 5.82 Å². The normalized spacial score (nSPS) is 13.7. The summed E-state index contributed by atoms with van der Waals surface area (Å²) >= 11 is 0. The van der Waals surface area contributed by atoms with Crippen molar-refractivity contribution in [1.29, 1.82) is 0 Å². The van der Waals surface area contributed by atoms with Crippen LogP contribution in [0.1, 0.15) is 5.56 Å². The molecular weight excluding hydrogens is 370 g/mol. The Morgan fingerprint density at radius 2 is 1.58 bits per heavy atom. The highest BCUT2D eigenvalue weighted by atomic mass is 32.2. The van der Waals surface area contributed by atoms with E-state index in [4.69, 9.17) is 0 Å². The molecule has 24 heavy (non-hydrogen) atoms. The molecule has 0 bridgehead atoms. The molecule has 0 aliphatic carbocycles. The van der Waals surface area contributed by atoms with Gasteiger partial charge in [-0.05, 0) is 49.5 Å². The van der Waals surface area contributed by atoms with Gasteiger partial charge in [0.05, 0.1) is 21.3 Å². The van der Waals surface area contributed by atoms with Crippen molar-refractivity contribution >= 4 is 20.8 Å². The number of alkyl halides is 3. The van der Waals surface area contributed by atoms with Crippen molar-refractivity contribution in [2.75, 3.05) is 7.05 Å². The van der Waals surface area contributed by atoms with E-state index in [-0.39, 0.29) is 9.79 Å². The maximum Gasteiger partial charge on any atom is 0.416 e. The fourth-order valence-electron chi connectivity index (χ4n) is 1.81. The highest BCUT2D eigenvalue weighted by Gasteiger charge is 2.33. The minimum atomic E-state index is -4.82. The first-order valence-electron chi connectivity index (χ1n) is 6.38. The molecule has 0 fully saturated rings. The van der Waals surface area contributed by atoms with Crippen LogP contribution in [0.25, 0.3) is 0 Å². The van der Waals surface area contributed by atoms with Gasteiger partial charge in [0.25, 0.3) is 0 Å².